The number of quaternary nitrogens is 1. The largest absolute Gasteiger partial charge is 0.264 e. The molecule has 1 aliphatic heterocycles. The summed E-state index contributed by atoms with van der Waals surface area (Å²) in [6.07, 6.45) is 8.19. The van der Waals surface area contributed by atoms with E-state index in [1.54, 1.807) is 0 Å². The van der Waals surface area contributed by atoms with Crippen molar-refractivity contribution in [2.24, 2.45) is 0 Å². The minimum absolute atomic E-state index is 0.790. The molecule has 2 aromatic rings. The van der Waals surface area contributed by atoms with Crippen LogP contribution in [0, 0.1) is 0 Å². The molecule has 1 unspecified atom stereocenters. The molecule has 1 aliphatic rings. The summed E-state index contributed by atoms with van der Waals surface area (Å²) in [5, 5.41) is 0. The Morgan fingerprint density at radius 3 is 2.59 bits per heavy atom. The molecule has 3 rings (SSSR count). The Morgan fingerprint density at radius 1 is 1.06 bits per heavy atom. The summed E-state index contributed by atoms with van der Waals surface area (Å²) in [5.41, 5.74) is 3.93. The van der Waals surface area contributed by atoms with Crippen molar-refractivity contribution in [1.82, 2.24) is 9.47 Å². The van der Waals surface area contributed by atoms with Gasteiger partial charge in [-0.05, 0) is 13.0 Å². The molecule has 84 valence electrons. The molecule has 0 N–H and O–H groups in total. The molecule has 0 saturated heterocycles. The Kier molecular flexibility index (Phi) is 2.30. The Hall–Kier alpha value is -1.93. The second kappa shape index (κ2) is 3.82. The predicted molar refractivity (Wildman–Crippen MR) is 71.7 cm³/mol. The average Bonchev–Trinajstić information content (AvgIpc) is 2.80. The van der Waals surface area contributed by atoms with Gasteiger partial charge in [0.2, 0.25) is 0 Å². The van der Waals surface area contributed by atoms with Gasteiger partial charge in [0.1, 0.15) is 17.6 Å². The fourth-order valence-electron chi connectivity index (χ4n) is 2.57. The van der Waals surface area contributed by atoms with E-state index in [1.807, 2.05) is 12.4 Å². The van der Waals surface area contributed by atoms with Crippen molar-refractivity contribution in [2.75, 3.05) is 6.54 Å². The van der Waals surface area contributed by atoms with Gasteiger partial charge >= 0.3 is 0 Å². The van der Waals surface area contributed by atoms with Gasteiger partial charge in [-0.1, -0.05) is 12.1 Å². The maximum Gasteiger partial charge on any atom is 0.150 e. The summed E-state index contributed by atoms with van der Waals surface area (Å²) in [5.74, 6) is 0. The molecule has 17 heavy (non-hydrogen) atoms. The van der Waals surface area contributed by atoms with Gasteiger partial charge in [0.25, 0.3) is 0 Å². The van der Waals surface area contributed by atoms with Gasteiger partial charge in [-0.25, -0.2) is 4.48 Å². The first-order valence-electron chi connectivity index (χ1n) is 5.94. The van der Waals surface area contributed by atoms with E-state index >= 15 is 0 Å². The molecule has 2 nitrogen and oxygen atoms in total. The highest BCUT2D eigenvalue weighted by molar-refractivity contribution is 5.78. The smallest absolute Gasteiger partial charge is 0.150 e. The standard InChI is InChI=1S/C15H15N2/c1-2-17(14-7-10-16-11-8-14)12-9-13-5-3-4-6-15(13)17/h3-12H,2H2,1H3/q+1. The van der Waals surface area contributed by atoms with E-state index in [0.29, 0.717) is 0 Å². The number of hydrogen-bond acceptors (Lipinski definition) is 1. The van der Waals surface area contributed by atoms with Gasteiger partial charge < -0.3 is 0 Å². The quantitative estimate of drug-likeness (QED) is 0.707. The Bertz CT molecular complexity index is 560. The Balaban J connectivity index is 2.22. The lowest BCUT2D eigenvalue weighted by Crippen LogP contribution is -2.36. The third kappa shape index (κ3) is 1.41. The van der Waals surface area contributed by atoms with Crippen LogP contribution in [-0.4, -0.2) is 11.5 Å². The number of nitrogens with zero attached hydrogens (tertiary/aromatic N) is 2. The van der Waals surface area contributed by atoms with Crippen molar-refractivity contribution in [3.05, 3.63) is 60.6 Å². The molecule has 0 bridgehead atoms. The van der Waals surface area contributed by atoms with Crippen LogP contribution in [-0.2, 0) is 0 Å². The maximum atomic E-state index is 4.10. The fraction of sp³-hybridized carbons (Fsp3) is 0.133. The van der Waals surface area contributed by atoms with E-state index in [9.17, 15) is 0 Å². The molecule has 0 fully saturated rings. The van der Waals surface area contributed by atoms with Gasteiger partial charge in [-0.15, -0.1) is 0 Å². The molecule has 1 atom stereocenters. The van der Waals surface area contributed by atoms with Crippen molar-refractivity contribution in [2.45, 2.75) is 6.92 Å². The number of hydrogen-bond donors (Lipinski definition) is 0. The SMILES string of the molecule is CC[N+]1(c2ccncc2)C=Cc2ccccc21. The van der Waals surface area contributed by atoms with Crippen molar-refractivity contribution in [3.8, 4) is 0 Å². The van der Waals surface area contributed by atoms with E-state index in [4.69, 9.17) is 0 Å². The van der Waals surface area contributed by atoms with E-state index in [-0.39, 0.29) is 0 Å². The lowest BCUT2D eigenvalue weighted by molar-refractivity contribution is 0.540. The van der Waals surface area contributed by atoms with Crippen LogP contribution in [0.1, 0.15) is 12.5 Å². The fourth-order valence-corrected chi connectivity index (χ4v) is 2.57. The molecule has 0 saturated carbocycles. The third-order valence-electron chi connectivity index (χ3n) is 3.50. The van der Waals surface area contributed by atoms with Crippen molar-refractivity contribution in [3.63, 3.8) is 0 Å². The van der Waals surface area contributed by atoms with Crippen molar-refractivity contribution < 1.29 is 0 Å². The second-order valence-electron chi connectivity index (χ2n) is 4.26. The first-order valence-corrected chi connectivity index (χ1v) is 5.94. The van der Waals surface area contributed by atoms with E-state index in [1.165, 1.54) is 16.9 Å². The number of benzene rings is 1. The second-order valence-corrected chi connectivity index (χ2v) is 4.26. The number of fused-ring (bicyclic) bond motifs is 1. The molecule has 1 aromatic carbocycles. The Labute approximate surface area is 101 Å². The van der Waals surface area contributed by atoms with Gasteiger partial charge in [0, 0.05) is 42.2 Å². The van der Waals surface area contributed by atoms with Crippen LogP contribution >= 0.6 is 0 Å². The van der Waals surface area contributed by atoms with Crippen LogP contribution in [0.15, 0.2) is 55.0 Å². The number of para-hydroxylation sites is 1. The highest BCUT2D eigenvalue weighted by Crippen LogP contribution is 2.42. The highest BCUT2D eigenvalue weighted by Gasteiger charge is 2.34. The lowest BCUT2D eigenvalue weighted by atomic mass is 10.1. The van der Waals surface area contributed by atoms with E-state index in [0.717, 1.165) is 11.0 Å². The normalized spacial score (nSPS) is 21.5. The molecule has 0 aliphatic carbocycles. The minimum Gasteiger partial charge on any atom is -0.264 e. The molecule has 0 radical (unpaired) electrons. The summed E-state index contributed by atoms with van der Waals surface area (Å²) < 4.78 is 0.790. The first-order chi connectivity index (χ1) is 8.37. The molecule has 2 heteroatoms. The van der Waals surface area contributed by atoms with Crippen LogP contribution in [0.2, 0.25) is 0 Å². The molecule has 0 amide bonds. The van der Waals surface area contributed by atoms with Crippen LogP contribution in [0.5, 0.6) is 0 Å². The molecular formula is C15H15N2+. The lowest BCUT2D eigenvalue weighted by Gasteiger charge is -2.30. The van der Waals surface area contributed by atoms with Gasteiger partial charge in [0.15, 0.2) is 0 Å². The number of pyridine rings is 1. The molecular weight excluding hydrogens is 208 g/mol. The zero-order valence-electron chi connectivity index (χ0n) is 9.88. The zero-order chi connectivity index (χ0) is 11.7. The summed E-state index contributed by atoms with van der Waals surface area (Å²) >= 11 is 0. The molecule has 1 aromatic heterocycles. The van der Waals surface area contributed by atoms with E-state index < -0.39 is 0 Å². The van der Waals surface area contributed by atoms with Gasteiger partial charge in [0.05, 0.1) is 6.54 Å². The average molecular weight is 223 g/mol. The van der Waals surface area contributed by atoms with Crippen LogP contribution in [0.25, 0.3) is 6.08 Å². The van der Waals surface area contributed by atoms with E-state index in [2.05, 4.69) is 60.6 Å². The maximum absolute atomic E-state index is 4.10. The molecule has 2 heterocycles. The van der Waals surface area contributed by atoms with Crippen molar-refractivity contribution in [1.29, 1.82) is 0 Å². The monoisotopic (exact) mass is 223 g/mol. The summed E-state index contributed by atoms with van der Waals surface area (Å²) in [6, 6.07) is 12.8. The highest BCUT2D eigenvalue weighted by atomic mass is 15.4. The number of rotatable bonds is 2. The zero-order valence-corrected chi connectivity index (χ0v) is 9.88. The van der Waals surface area contributed by atoms with Crippen LogP contribution in [0.3, 0.4) is 0 Å². The predicted octanol–water partition coefficient (Wildman–Crippen LogP) is 3.72. The van der Waals surface area contributed by atoms with Gasteiger partial charge in [-0.2, -0.15) is 0 Å². The Morgan fingerprint density at radius 2 is 1.82 bits per heavy atom. The minimum atomic E-state index is 0.790. The third-order valence-corrected chi connectivity index (χ3v) is 3.50. The topological polar surface area (TPSA) is 12.9 Å². The van der Waals surface area contributed by atoms with Crippen molar-refractivity contribution >= 4 is 17.5 Å². The summed E-state index contributed by atoms with van der Waals surface area (Å²) in [6.45, 7) is 3.23. The van der Waals surface area contributed by atoms with Crippen LogP contribution in [0.4, 0.5) is 11.4 Å². The first kappa shape index (κ1) is 10.2. The summed E-state index contributed by atoms with van der Waals surface area (Å²) in [4.78, 5) is 4.10. The summed E-state index contributed by atoms with van der Waals surface area (Å²) in [7, 11) is 0. The number of aromatic nitrogens is 1. The van der Waals surface area contributed by atoms with Crippen LogP contribution < -0.4 is 4.48 Å². The molecule has 0 spiro atoms. The van der Waals surface area contributed by atoms with Gasteiger partial charge in [-0.3, -0.25) is 4.98 Å².